The first kappa shape index (κ1) is 15.0. The highest BCUT2D eigenvalue weighted by molar-refractivity contribution is 9.10. The first-order valence-electron chi connectivity index (χ1n) is 5.70. The Morgan fingerprint density at radius 3 is 2.32 bits per heavy atom. The molecule has 2 nitrogen and oxygen atoms in total. The Balaban J connectivity index is 2.55. The average Bonchev–Trinajstić information content (AvgIpc) is 2.36. The van der Waals surface area contributed by atoms with E-state index in [0.717, 1.165) is 22.9 Å². The molecule has 0 aliphatic rings. The van der Waals surface area contributed by atoms with Crippen molar-refractivity contribution >= 4 is 50.7 Å². The van der Waals surface area contributed by atoms with E-state index in [2.05, 4.69) is 25.9 Å². The second kappa shape index (κ2) is 6.40. The molecule has 1 aromatic heterocycles. The molecule has 0 fully saturated rings. The second-order valence-electron chi connectivity index (χ2n) is 3.98. The van der Waals surface area contributed by atoms with Gasteiger partial charge in [-0.25, -0.2) is 9.97 Å². The Morgan fingerprint density at radius 1 is 1.11 bits per heavy atom. The van der Waals surface area contributed by atoms with Gasteiger partial charge in [-0.1, -0.05) is 64.1 Å². The lowest BCUT2D eigenvalue weighted by molar-refractivity contribution is 0.903. The highest BCUT2D eigenvalue weighted by Crippen LogP contribution is 2.32. The fourth-order valence-electron chi connectivity index (χ4n) is 1.68. The number of hydrogen-bond acceptors (Lipinski definition) is 2. The van der Waals surface area contributed by atoms with Gasteiger partial charge in [-0.05, 0) is 24.6 Å². The van der Waals surface area contributed by atoms with Crippen LogP contribution in [0.2, 0.25) is 15.3 Å². The maximum absolute atomic E-state index is 6.17. The molecule has 100 valence electrons. The fourth-order valence-corrected chi connectivity index (χ4v) is 2.82. The predicted octanol–water partition coefficient (Wildman–Crippen LogP) is 5.82. The number of halogens is 4. The van der Waals surface area contributed by atoms with E-state index in [1.165, 1.54) is 0 Å². The standard InChI is InChI=1S/C13H10BrCl3N2/c1-2-3-8-11(16)18-13(19-12(8)17)9-6-7(14)4-5-10(9)15/h4-6H,2-3H2,1H3. The Labute approximate surface area is 135 Å². The summed E-state index contributed by atoms with van der Waals surface area (Å²) in [7, 11) is 0. The molecule has 0 spiro atoms. The maximum Gasteiger partial charge on any atom is 0.164 e. The van der Waals surface area contributed by atoms with Gasteiger partial charge in [0, 0.05) is 15.6 Å². The van der Waals surface area contributed by atoms with Crippen LogP contribution >= 0.6 is 50.7 Å². The topological polar surface area (TPSA) is 25.8 Å². The molecule has 0 N–H and O–H groups in total. The van der Waals surface area contributed by atoms with Crippen molar-refractivity contribution in [2.24, 2.45) is 0 Å². The molecule has 0 saturated carbocycles. The molecule has 2 rings (SSSR count). The van der Waals surface area contributed by atoms with Crippen LogP contribution in [-0.4, -0.2) is 9.97 Å². The average molecular weight is 380 g/mol. The minimum Gasteiger partial charge on any atom is -0.216 e. The zero-order valence-corrected chi connectivity index (χ0v) is 13.9. The van der Waals surface area contributed by atoms with Crippen LogP contribution in [0.5, 0.6) is 0 Å². The molecule has 6 heteroatoms. The van der Waals surface area contributed by atoms with Crippen LogP contribution in [0, 0.1) is 0 Å². The van der Waals surface area contributed by atoms with Crippen LogP contribution in [0.1, 0.15) is 18.9 Å². The molecule has 0 aliphatic carbocycles. The monoisotopic (exact) mass is 378 g/mol. The third-order valence-electron chi connectivity index (χ3n) is 2.58. The quantitative estimate of drug-likeness (QED) is 0.627. The van der Waals surface area contributed by atoms with Gasteiger partial charge in [0.1, 0.15) is 10.3 Å². The van der Waals surface area contributed by atoms with Gasteiger partial charge in [-0.2, -0.15) is 0 Å². The summed E-state index contributed by atoms with van der Waals surface area (Å²) >= 11 is 21.9. The summed E-state index contributed by atoms with van der Waals surface area (Å²) in [6, 6.07) is 5.45. The number of rotatable bonds is 3. The van der Waals surface area contributed by atoms with Gasteiger partial charge in [0.15, 0.2) is 5.82 Å². The highest BCUT2D eigenvalue weighted by Gasteiger charge is 2.14. The summed E-state index contributed by atoms with van der Waals surface area (Å²) in [6.45, 7) is 2.05. The van der Waals surface area contributed by atoms with Crippen LogP contribution < -0.4 is 0 Å². The van der Waals surface area contributed by atoms with Gasteiger partial charge in [0.05, 0.1) is 5.02 Å². The number of nitrogens with zero attached hydrogens (tertiary/aromatic N) is 2. The molecular formula is C13H10BrCl3N2. The molecule has 2 aromatic rings. The molecule has 0 saturated heterocycles. The zero-order chi connectivity index (χ0) is 14.0. The molecule has 0 bridgehead atoms. The van der Waals surface area contributed by atoms with E-state index in [1.54, 1.807) is 6.07 Å². The van der Waals surface area contributed by atoms with Crippen molar-refractivity contribution in [1.29, 1.82) is 0 Å². The number of hydrogen-bond donors (Lipinski definition) is 0. The van der Waals surface area contributed by atoms with Gasteiger partial charge in [0.25, 0.3) is 0 Å². The molecule has 1 heterocycles. The van der Waals surface area contributed by atoms with Gasteiger partial charge >= 0.3 is 0 Å². The highest BCUT2D eigenvalue weighted by atomic mass is 79.9. The van der Waals surface area contributed by atoms with Crippen molar-refractivity contribution < 1.29 is 0 Å². The molecule has 0 radical (unpaired) electrons. The molecular weight excluding hydrogens is 370 g/mol. The van der Waals surface area contributed by atoms with E-state index >= 15 is 0 Å². The zero-order valence-electron chi connectivity index (χ0n) is 10.1. The van der Waals surface area contributed by atoms with E-state index in [4.69, 9.17) is 34.8 Å². The molecule has 19 heavy (non-hydrogen) atoms. The van der Waals surface area contributed by atoms with Crippen LogP contribution in [0.3, 0.4) is 0 Å². The smallest absolute Gasteiger partial charge is 0.164 e. The Kier molecular flexibility index (Phi) is 5.07. The summed E-state index contributed by atoms with van der Waals surface area (Å²) in [5.41, 5.74) is 1.48. The Bertz CT molecular complexity index is 594. The lowest BCUT2D eigenvalue weighted by Gasteiger charge is -2.09. The van der Waals surface area contributed by atoms with Crippen molar-refractivity contribution in [2.75, 3.05) is 0 Å². The summed E-state index contributed by atoms with van der Waals surface area (Å²) in [6.07, 6.45) is 1.68. The van der Waals surface area contributed by atoms with Crippen molar-refractivity contribution in [1.82, 2.24) is 9.97 Å². The second-order valence-corrected chi connectivity index (χ2v) is 6.02. The predicted molar refractivity (Wildman–Crippen MR) is 84.2 cm³/mol. The normalized spacial score (nSPS) is 10.8. The molecule has 0 aliphatic heterocycles. The SMILES string of the molecule is CCCc1c(Cl)nc(-c2cc(Br)ccc2Cl)nc1Cl. The molecule has 0 atom stereocenters. The largest absolute Gasteiger partial charge is 0.216 e. The van der Waals surface area contributed by atoms with Gasteiger partial charge in [-0.3, -0.25) is 0 Å². The lowest BCUT2D eigenvalue weighted by atomic mass is 10.2. The number of benzene rings is 1. The molecule has 0 amide bonds. The summed E-state index contributed by atoms with van der Waals surface area (Å²) < 4.78 is 0.889. The first-order chi connectivity index (χ1) is 9.02. The lowest BCUT2D eigenvalue weighted by Crippen LogP contribution is -1.98. The molecule has 1 aromatic carbocycles. The van der Waals surface area contributed by atoms with Gasteiger partial charge in [0.2, 0.25) is 0 Å². The van der Waals surface area contributed by atoms with Crippen molar-refractivity contribution in [3.8, 4) is 11.4 Å². The van der Waals surface area contributed by atoms with E-state index in [-0.39, 0.29) is 0 Å². The van der Waals surface area contributed by atoms with Crippen LogP contribution in [0.15, 0.2) is 22.7 Å². The van der Waals surface area contributed by atoms with Crippen LogP contribution in [0.4, 0.5) is 0 Å². The van der Waals surface area contributed by atoms with Crippen molar-refractivity contribution in [3.63, 3.8) is 0 Å². The fraction of sp³-hybridized carbons (Fsp3) is 0.231. The Hall–Kier alpha value is -0.350. The first-order valence-corrected chi connectivity index (χ1v) is 7.63. The third-order valence-corrected chi connectivity index (χ3v) is 4.02. The van der Waals surface area contributed by atoms with Gasteiger partial charge < -0.3 is 0 Å². The van der Waals surface area contributed by atoms with E-state index in [0.29, 0.717) is 26.7 Å². The minimum absolute atomic E-state index is 0.382. The van der Waals surface area contributed by atoms with E-state index < -0.39 is 0 Å². The van der Waals surface area contributed by atoms with E-state index in [9.17, 15) is 0 Å². The summed E-state index contributed by atoms with van der Waals surface area (Å²) in [5, 5.41) is 1.32. The molecule has 0 unspecified atom stereocenters. The minimum atomic E-state index is 0.382. The van der Waals surface area contributed by atoms with Crippen molar-refractivity contribution in [3.05, 3.63) is 43.6 Å². The van der Waals surface area contributed by atoms with E-state index in [1.807, 2.05) is 19.1 Å². The van der Waals surface area contributed by atoms with Gasteiger partial charge in [-0.15, -0.1) is 0 Å². The number of aromatic nitrogens is 2. The maximum atomic E-state index is 6.17. The van der Waals surface area contributed by atoms with Crippen molar-refractivity contribution in [2.45, 2.75) is 19.8 Å². The van der Waals surface area contributed by atoms with Crippen LogP contribution in [-0.2, 0) is 6.42 Å². The Morgan fingerprint density at radius 2 is 1.74 bits per heavy atom. The third kappa shape index (κ3) is 3.40. The summed E-state index contributed by atoms with van der Waals surface area (Å²) in [5.74, 6) is 0.432. The summed E-state index contributed by atoms with van der Waals surface area (Å²) in [4.78, 5) is 8.58. The van der Waals surface area contributed by atoms with Crippen LogP contribution in [0.25, 0.3) is 11.4 Å².